The molecule has 4 rings (SSSR count). The quantitative estimate of drug-likeness (QED) is 0.622. The summed E-state index contributed by atoms with van der Waals surface area (Å²) in [6.07, 6.45) is -0.258. The summed E-state index contributed by atoms with van der Waals surface area (Å²) >= 11 is 0. The monoisotopic (exact) mass is 263 g/mol. The summed E-state index contributed by atoms with van der Waals surface area (Å²) in [7, 11) is 0. The van der Waals surface area contributed by atoms with Gasteiger partial charge in [0.1, 0.15) is 6.61 Å². The van der Waals surface area contributed by atoms with Crippen molar-refractivity contribution in [2.75, 3.05) is 18.1 Å². The van der Waals surface area contributed by atoms with E-state index in [0.717, 1.165) is 27.2 Å². The van der Waals surface area contributed by atoms with Gasteiger partial charge < -0.3 is 4.74 Å². The first-order valence-electron chi connectivity index (χ1n) is 6.69. The minimum Gasteiger partial charge on any atom is -0.447 e. The Morgan fingerprint density at radius 1 is 0.900 bits per heavy atom. The van der Waals surface area contributed by atoms with Crippen LogP contribution in [-0.2, 0) is 4.74 Å². The summed E-state index contributed by atoms with van der Waals surface area (Å²) in [5.41, 5.74) is 0.959. The molecule has 1 aliphatic rings. The fourth-order valence-corrected chi connectivity index (χ4v) is 2.88. The van der Waals surface area contributed by atoms with Gasteiger partial charge in [-0.1, -0.05) is 48.5 Å². The van der Waals surface area contributed by atoms with Crippen molar-refractivity contribution >= 4 is 33.3 Å². The number of nitrogens with zero attached hydrogens (tertiary/aromatic N) is 1. The molecule has 98 valence electrons. The zero-order valence-electron chi connectivity index (χ0n) is 10.9. The van der Waals surface area contributed by atoms with Crippen LogP contribution in [-0.4, -0.2) is 19.2 Å². The second-order valence-corrected chi connectivity index (χ2v) is 4.93. The van der Waals surface area contributed by atoms with E-state index >= 15 is 0 Å². The summed E-state index contributed by atoms with van der Waals surface area (Å²) in [5, 5.41) is 4.46. The lowest BCUT2D eigenvalue weighted by molar-refractivity contribution is 0.181. The normalized spacial score (nSPS) is 15.0. The number of anilines is 1. The maximum Gasteiger partial charge on any atom is 0.414 e. The van der Waals surface area contributed by atoms with Crippen LogP contribution in [0.3, 0.4) is 0 Å². The first-order chi connectivity index (χ1) is 9.84. The fourth-order valence-electron chi connectivity index (χ4n) is 2.88. The van der Waals surface area contributed by atoms with Crippen molar-refractivity contribution in [1.29, 1.82) is 0 Å². The topological polar surface area (TPSA) is 29.5 Å². The highest BCUT2D eigenvalue weighted by Gasteiger charge is 2.26. The lowest BCUT2D eigenvalue weighted by Gasteiger charge is -2.18. The second-order valence-electron chi connectivity index (χ2n) is 4.93. The van der Waals surface area contributed by atoms with E-state index in [9.17, 15) is 4.79 Å². The number of amides is 1. The first-order valence-corrected chi connectivity index (χ1v) is 6.69. The van der Waals surface area contributed by atoms with Crippen LogP contribution >= 0.6 is 0 Å². The zero-order chi connectivity index (χ0) is 13.5. The number of ether oxygens (including phenoxy) is 1. The summed E-state index contributed by atoms with van der Waals surface area (Å²) in [5.74, 6) is 0. The van der Waals surface area contributed by atoms with E-state index in [4.69, 9.17) is 4.74 Å². The lowest BCUT2D eigenvalue weighted by Crippen LogP contribution is -2.23. The highest BCUT2D eigenvalue weighted by atomic mass is 16.6. The van der Waals surface area contributed by atoms with Crippen LogP contribution in [0.1, 0.15) is 0 Å². The Labute approximate surface area is 116 Å². The number of hydrogen-bond acceptors (Lipinski definition) is 2. The van der Waals surface area contributed by atoms with Crippen LogP contribution in [0.5, 0.6) is 0 Å². The molecule has 0 bridgehead atoms. The molecule has 3 heteroatoms. The van der Waals surface area contributed by atoms with Gasteiger partial charge in [-0.25, -0.2) is 4.79 Å². The molecule has 0 radical (unpaired) electrons. The van der Waals surface area contributed by atoms with Crippen molar-refractivity contribution in [2.45, 2.75) is 0 Å². The van der Waals surface area contributed by atoms with Crippen molar-refractivity contribution in [2.24, 2.45) is 0 Å². The Balaban J connectivity index is 2.14. The zero-order valence-corrected chi connectivity index (χ0v) is 10.9. The molecule has 1 aliphatic heterocycles. The van der Waals surface area contributed by atoms with Crippen LogP contribution < -0.4 is 4.90 Å². The van der Waals surface area contributed by atoms with Gasteiger partial charge in [0.2, 0.25) is 0 Å². The Morgan fingerprint density at radius 3 is 2.05 bits per heavy atom. The highest BCUT2D eigenvalue weighted by molar-refractivity contribution is 6.15. The van der Waals surface area contributed by atoms with Gasteiger partial charge in [0.15, 0.2) is 0 Å². The summed E-state index contributed by atoms with van der Waals surface area (Å²) in [6, 6.07) is 18.5. The molecular formula is C17H13NO2. The van der Waals surface area contributed by atoms with E-state index in [1.54, 1.807) is 4.90 Å². The van der Waals surface area contributed by atoms with E-state index in [1.807, 2.05) is 24.3 Å². The smallest absolute Gasteiger partial charge is 0.414 e. The Morgan fingerprint density at radius 2 is 1.50 bits per heavy atom. The molecule has 0 aromatic heterocycles. The Kier molecular flexibility index (Phi) is 2.39. The van der Waals surface area contributed by atoms with E-state index in [1.165, 1.54) is 0 Å². The third kappa shape index (κ3) is 1.56. The Bertz CT molecular complexity index is 771. The Hall–Kier alpha value is -2.55. The minimum atomic E-state index is -0.258. The molecule has 0 aliphatic carbocycles. The van der Waals surface area contributed by atoms with Crippen molar-refractivity contribution in [1.82, 2.24) is 0 Å². The molecule has 0 unspecified atom stereocenters. The maximum absolute atomic E-state index is 12.0. The number of fused-ring (bicyclic) bond motifs is 2. The molecular weight excluding hydrogens is 250 g/mol. The number of cyclic esters (lactones) is 1. The lowest BCUT2D eigenvalue weighted by atomic mass is 10.0. The third-order valence-electron chi connectivity index (χ3n) is 3.77. The van der Waals surface area contributed by atoms with Crippen LogP contribution in [0.2, 0.25) is 0 Å². The number of carbonyl (C=O) groups is 1. The molecule has 3 nitrogen and oxygen atoms in total. The van der Waals surface area contributed by atoms with Gasteiger partial charge in [-0.05, 0) is 16.8 Å². The highest BCUT2D eigenvalue weighted by Crippen LogP contribution is 2.36. The van der Waals surface area contributed by atoms with Crippen LogP contribution in [0, 0.1) is 0 Å². The molecule has 1 fully saturated rings. The van der Waals surface area contributed by atoms with Gasteiger partial charge in [0, 0.05) is 10.8 Å². The largest absolute Gasteiger partial charge is 0.447 e. The summed E-state index contributed by atoms with van der Waals surface area (Å²) in [4.78, 5) is 13.7. The molecule has 1 amide bonds. The summed E-state index contributed by atoms with van der Waals surface area (Å²) < 4.78 is 5.10. The van der Waals surface area contributed by atoms with Gasteiger partial charge in [-0.15, -0.1) is 0 Å². The molecule has 20 heavy (non-hydrogen) atoms. The van der Waals surface area contributed by atoms with Crippen LogP contribution in [0.4, 0.5) is 10.5 Å². The molecule has 1 heterocycles. The molecule has 0 atom stereocenters. The van der Waals surface area contributed by atoms with Gasteiger partial charge >= 0.3 is 6.09 Å². The predicted octanol–water partition coefficient (Wildman–Crippen LogP) is 3.95. The number of carbonyl (C=O) groups excluding carboxylic acids is 1. The minimum absolute atomic E-state index is 0.258. The van der Waals surface area contributed by atoms with Crippen molar-refractivity contribution in [3.05, 3.63) is 54.6 Å². The first kappa shape index (κ1) is 11.3. The van der Waals surface area contributed by atoms with Crippen LogP contribution in [0.25, 0.3) is 21.5 Å². The molecule has 3 aromatic carbocycles. The molecule has 0 saturated carbocycles. The van der Waals surface area contributed by atoms with Crippen molar-refractivity contribution in [3.63, 3.8) is 0 Å². The molecule has 0 spiro atoms. The second kappa shape index (κ2) is 4.23. The summed E-state index contributed by atoms with van der Waals surface area (Å²) in [6.45, 7) is 1.06. The number of hydrogen-bond donors (Lipinski definition) is 0. The van der Waals surface area contributed by atoms with Gasteiger partial charge in [-0.2, -0.15) is 0 Å². The maximum atomic E-state index is 12.0. The van der Waals surface area contributed by atoms with Crippen molar-refractivity contribution < 1.29 is 9.53 Å². The molecule has 3 aromatic rings. The fraction of sp³-hybridized carbons (Fsp3) is 0.118. The van der Waals surface area contributed by atoms with E-state index in [2.05, 4.69) is 30.3 Å². The number of benzene rings is 3. The molecule has 1 saturated heterocycles. The van der Waals surface area contributed by atoms with Gasteiger partial charge in [-0.3, -0.25) is 4.90 Å². The average Bonchev–Trinajstić information content (AvgIpc) is 2.90. The van der Waals surface area contributed by atoms with Gasteiger partial charge in [0.05, 0.1) is 12.2 Å². The van der Waals surface area contributed by atoms with E-state index in [0.29, 0.717) is 13.2 Å². The van der Waals surface area contributed by atoms with Crippen LogP contribution in [0.15, 0.2) is 54.6 Å². The molecule has 0 N–H and O–H groups in total. The van der Waals surface area contributed by atoms with E-state index < -0.39 is 0 Å². The van der Waals surface area contributed by atoms with E-state index in [-0.39, 0.29) is 6.09 Å². The standard InChI is InChI=1S/C17H13NO2/c19-17-18(9-10-20-17)16-14-7-3-1-5-12(14)11-13-6-2-4-8-15(13)16/h1-8,11H,9-10H2. The average molecular weight is 263 g/mol. The van der Waals surface area contributed by atoms with Crippen molar-refractivity contribution in [3.8, 4) is 0 Å². The van der Waals surface area contributed by atoms with Gasteiger partial charge in [0.25, 0.3) is 0 Å². The third-order valence-corrected chi connectivity index (χ3v) is 3.77. The predicted molar refractivity (Wildman–Crippen MR) is 80.1 cm³/mol. The number of rotatable bonds is 1. The SMILES string of the molecule is O=C1OCCN1c1c2ccccc2cc2ccccc12.